The van der Waals surface area contributed by atoms with Crippen molar-refractivity contribution in [3.63, 3.8) is 0 Å². The Bertz CT molecular complexity index is 1360. The quantitative estimate of drug-likeness (QED) is 0.398. The van der Waals surface area contributed by atoms with Crippen LogP contribution in [0.4, 0.5) is 5.69 Å². The van der Waals surface area contributed by atoms with Gasteiger partial charge in [-0.25, -0.2) is 4.98 Å². The average molecular weight is 514 g/mol. The Hall–Kier alpha value is -3.17. The van der Waals surface area contributed by atoms with E-state index in [1.54, 1.807) is 25.3 Å². The lowest BCUT2D eigenvalue weighted by atomic mass is 10.0. The van der Waals surface area contributed by atoms with Gasteiger partial charge in [-0.3, -0.25) is 14.2 Å². The number of carbonyl (C=O) groups is 1. The van der Waals surface area contributed by atoms with Crippen molar-refractivity contribution >= 4 is 49.1 Å². The van der Waals surface area contributed by atoms with Crippen LogP contribution in [0.1, 0.15) is 4.88 Å². The van der Waals surface area contributed by atoms with Gasteiger partial charge in [0.15, 0.2) is 0 Å². The molecule has 1 amide bonds. The van der Waals surface area contributed by atoms with Gasteiger partial charge >= 0.3 is 0 Å². The molecule has 2 heterocycles. The highest BCUT2D eigenvalue weighted by Gasteiger charge is 2.18. The van der Waals surface area contributed by atoms with E-state index in [1.165, 1.54) is 29.3 Å². The number of amides is 1. The van der Waals surface area contributed by atoms with Crippen molar-refractivity contribution in [1.29, 1.82) is 0 Å². The van der Waals surface area contributed by atoms with Gasteiger partial charge in [-0.05, 0) is 36.8 Å². The fourth-order valence-corrected chi connectivity index (χ4v) is 4.74. The molecular weight excluding hydrogens is 494 g/mol. The fourth-order valence-electron chi connectivity index (χ4n) is 3.47. The second kappa shape index (κ2) is 9.13. The SMILES string of the molecule is COc1ccc(OC)c(NC(=O)Cn2cnc3sc(C)c(-c4ccc(Br)cc4)c3c2=O)c1. The zero-order valence-corrected chi connectivity index (χ0v) is 20.0. The first-order chi connectivity index (χ1) is 15.4. The van der Waals surface area contributed by atoms with E-state index in [4.69, 9.17) is 9.47 Å². The van der Waals surface area contributed by atoms with E-state index in [-0.39, 0.29) is 18.0 Å². The number of hydrogen-bond acceptors (Lipinski definition) is 6. The number of aromatic nitrogens is 2. The van der Waals surface area contributed by atoms with Crippen LogP contribution in [-0.4, -0.2) is 29.7 Å². The van der Waals surface area contributed by atoms with E-state index >= 15 is 0 Å². The van der Waals surface area contributed by atoms with Crippen LogP contribution in [0, 0.1) is 6.92 Å². The van der Waals surface area contributed by atoms with Gasteiger partial charge in [-0.1, -0.05) is 28.1 Å². The van der Waals surface area contributed by atoms with Gasteiger partial charge < -0.3 is 14.8 Å². The molecule has 0 radical (unpaired) electrons. The van der Waals surface area contributed by atoms with E-state index < -0.39 is 0 Å². The largest absolute Gasteiger partial charge is 0.497 e. The minimum absolute atomic E-state index is 0.184. The first-order valence-corrected chi connectivity index (χ1v) is 11.3. The van der Waals surface area contributed by atoms with Gasteiger partial charge in [-0.15, -0.1) is 11.3 Å². The van der Waals surface area contributed by atoms with Gasteiger partial charge in [0, 0.05) is 21.0 Å². The molecule has 0 saturated carbocycles. The van der Waals surface area contributed by atoms with E-state index in [0.717, 1.165) is 20.5 Å². The molecule has 7 nitrogen and oxygen atoms in total. The van der Waals surface area contributed by atoms with Crippen molar-refractivity contribution < 1.29 is 14.3 Å². The maximum atomic E-state index is 13.3. The Kier molecular flexibility index (Phi) is 6.29. The van der Waals surface area contributed by atoms with Crippen molar-refractivity contribution in [1.82, 2.24) is 9.55 Å². The number of anilines is 1. The molecule has 0 saturated heterocycles. The summed E-state index contributed by atoms with van der Waals surface area (Å²) in [4.78, 5) is 32.1. The minimum Gasteiger partial charge on any atom is -0.497 e. The summed E-state index contributed by atoms with van der Waals surface area (Å²) in [5.41, 5.74) is 1.98. The predicted octanol–water partition coefficient (Wildman–Crippen LogP) is 4.85. The summed E-state index contributed by atoms with van der Waals surface area (Å²) in [5.74, 6) is 0.692. The third-order valence-electron chi connectivity index (χ3n) is 4.98. The molecule has 164 valence electrons. The van der Waals surface area contributed by atoms with Crippen molar-refractivity contribution in [3.8, 4) is 22.6 Å². The maximum Gasteiger partial charge on any atom is 0.263 e. The van der Waals surface area contributed by atoms with Crippen molar-refractivity contribution in [2.75, 3.05) is 19.5 Å². The number of ether oxygens (including phenoxy) is 2. The van der Waals surface area contributed by atoms with Crippen LogP contribution in [-0.2, 0) is 11.3 Å². The molecule has 0 fully saturated rings. The number of methoxy groups -OCH3 is 2. The second-order valence-electron chi connectivity index (χ2n) is 7.01. The second-order valence-corrected chi connectivity index (χ2v) is 9.13. The van der Waals surface area contributed by atoms with E-state index in [9.17, 15) is 9.59 Å². The first-order valence-electron chi connectivity index (χ1n) is 9.67. The Morgan fingerprint density at radius 1 is 1.16 bits per heavy atom. The highest BCUT2D eigenvalue weighted by molar-refractivity contribution is 9.10. The van der Waals surface area contributed by atoms with Crippen LogP contribution in [0.25, 0.3) is 21.3 Å². The smallest absolute Gasteiger partial charge is 0.263 e. The summed E-state index contributed by atoms with van der Waals surface area (Å²) >= 11 is 4.90. The number of aryl methyl sites for hydroxylation is 1. The lowest BCUT2D eigenvalue weighted by Crippen LogP contribution is -2.28. The first kappa shape index (κ1) is 22.0. The zero-order chi connectivity index (χ0) is 22.8. The lowest BCUT2D eigenvalue weighted by molar-refractivity contribution is -0.116. The van der Waals surface area contributed by atoms with Gasteiger partial charge in [0.2, 0.25) is 5.91 Å². The topological polar surface area (TPSA) is 82.4 Å². The number of benzene rings is 2. The summed E-state index contributed by atoms with van der Waals surface area (Å²) in [7, 11) is 3.06. The maximum absolute atomic E-state index is 13.3. The molecule has 2 aromatic heterocycles. The Labute approximate surface area is 196 Å². The van der Waals surface area contributed by atoms with Crippen molar-refractivity contribution in [3.05, 3.63) is 68.5 Å². The molecule has 32 heavy (non-hydrogen) atoms. The molecule has 0 aliphatic heterocycles. The molecule has 2 aromatic carbocycles. The van der Waals surface area contributed by atoms with E-state index in [0.29, 0.717) is 27.4 Å². The van der Waals surface area contributed by atoms with Crippen LogP contribution in [0.15, 0.2) is 58.1 Å². The van der Waals surface area contributed by atoms with Crippen LogP contribution < -0.4 is 20.3 Å². The summed E-state index contributed by atoms with van der Waals surface area (Å²) in [6.45, 7) is 1.78. The molecule has 0 bridgehead atoms. The molecule has 4 rings (SSSR count). The third kappa shape index (κ3) is 4.26. The molecular formula is C23H20BrN3O4S. The van der Waals surface area contributed by atoms with Crippen LogP contribution in [0.3, 0.4) is 0 Å². The van der Waals surface area contributed by atoms with Crippen LogP contribution >= 0.6 is 27.3 Å². The third-order valence-corrected chi connectivity index (χ3v) is 6.52. The normalized spacial score (nSPS) is 10.9. The highest BCUT2D eigenvalue weighted by atomic mass is 79.9. The number of halogens is 1. The Morgan fingerprint density at radius 2 is 1.91 bits per heavy atom. The van der Waals surface area contributed by atoms with Crippen molar-refractivity contribution in [2.45, 2.75) is 13.5 Å². The Morgan fingerprint density at radius 3 is 2.59 bits per heavy atom. The van der Waals surface area contributed by atoms with E-state index in [1.807, 2.05) is 31.2 Å². The molecule has 4 aromatic rings. The highest BCUT2D eigenvalue weighted by Crippen LogP contribution is 2.36. The van der Waals surface area contributed by atoms with Gasteiger partial charge in [-0.2, -0.15) is 0 Å². The number of hydrogen-bond donors (Lipinski definition) is 1. The minimum atomic E-state index is -0.378. The molecule has 1 N–H and O–H groups in total. The molecule has 0 atom stereocenters. The predicted molar refractivity (Wildman–Crippen MR) is 130 cm³/mol. The number of rotatable bonds is 6. The number of nitrogens with zero attached hydrogens (tertiary/aromatic N) is 2. The number of fused-ring (bicyclic) bond motifs is 1. The molecule has 9 heteroatoms. The van der Waals surface area contributed by atoms with E-state index in [2.05, 4.69) is 26.2 Å². The van der Waals surface area contributed by atoms with Gasteiger partial charge in [0.1, 0.15) is 22.9 Å². The summed E-state index contributed by atoms with van der Waals surface area (Å²) in [6.07, 6.45) is 1.41. The van der Waals surface area contributed by atoms with Gasteiger partial charge in [0.25, 0.3) is 5.56 Å². The number of nitrogens with one attached hydrogen (secondary N) is 1. The standard InChI is InChI=1S/C23H20BrN3O4S/c1-13-20(14-4-6-15(24)7-5-14)21-22(32-13)25-12-27(23(21)29)11-19(28)26-17-10-16(30-2)8-9-18(17)31-3/h4-10,12H,11H2,1-3H3,(H,26,28). The summed E-state index contributed by atoms with van der Waals surface area (Å²) in [6, 6.07) is 12.9. The number of carbonyl (C=O) groups excluding carboxylic acids is 1. The molecule has 0 aliphatic rings. The number of thiophene rings is 1. The van der Waals surface area contributed by atoms with Gasteiger partial charge in [0.05, 0.1) is 31.6 Å². The zero-order valence-electron chi connectivity index (χ0n) is 17.6. The van der Waals surface area contributed by atoms with Crippen LogP contribution in [0.2, 0.25) is 0 Å². The summed E-state index contributed by atoms with van der Waals surface area (Å²) < 4.78 is 12.8. The fraction of sp³-hybridized carbons (Fsp3) is 0.174. The van der Waals surface area contributed by atoms with Crippen LogP contribution in [0.5, 0.6) is 11.5 Å². The average Bonchev–Trinajstić information content (AvgIpc) is 3.13. The molecule has 0 spiro atoms. The Balaban J connectivity index is 1.68. The monoisotopic (exact) mass is 513 g/mol. The lowest BCUT2D eigenvalue weighted by Gasteiger charge is -2.12. The molecule has 0 unspecified atom stereocenters. The summed E-state index contributed by atoms with van der Waals surface area (Å²) in [5, 5.41) is 3.30. The molecule has 0 aliphatic carbocycles. The van der Waals surface area contributed by atoms with Crippen molar-refractivity contribution in [2.24, 2.45) is 0 Å².